The molecular formula is C16H22N2O2S. The minimum atomic E-state index is -0.869. The number of carboxylic acid groups (broad SMARTS) is 1. The zero-order valence-corrected chi connectivity index (χ0v) is 14.0. The number of aromatic carboxylic acids is 1. The van der Waals surface area contributed by atoms with Crippen molar-refractivity contribution in [3.05, 3.63) is 40.1 Å². The Morgan fingerprint density at radius 3 is 2.48 bits per heavy atom. The largest absolute Gasteiger partial charge is 0.478 e. The summed E-state index contributed by atoms with van der Waals surface area (Å²) in [5.74, 6) is -0.869. The van der Waals surface area contributed by atoms with Crippen LogP contribution in [-0.2, 0) is 17.4 Å². The van der Waals surface area contributed by atoms with Crippen LogP contribution in [0.25, 0.3) is 0 Å². The molecule has 0 radical (unpaired) electrons. The van der Waals surface area contributed by atoms with Crippen LogP contribution in [-0.4, -0.2) is 20.6 Å². The molecule has 2 aromatic rings. The predicted octanol–water partition coefficient (Wildman–Crippen LogP) is 3.92. The fourth-order valence-electron chi connectivity index (χ4n) is 2.17. The molecular weight excluding hydrogens is 284 g/mol. The Hall–Kier alpha value is -1.62. The van der Waals surface area contributed by atoms with E-state index in [1.807, 2.05) is 6.33 Å². The van der Waals surface area contributed by atoms with Crippen LogP contribution in [0, 0.1) is 0 Å². The van der Waals surface area contributed by atoms with Crippen LogP contribution in [0.5, 0.6) is 0 Å². The number of thiophene rings is 1. The van der Waals surface area contributed by atoms with Crippen molar-refractivity contribution >= 4 is 17.3 Å². The second kappa shape index (κ2) is 5.30. The van der Waals surface area contributed by atoms with Gasteiger partial charge >= 0.3 is 5.97 Å². The molecule has 0 unspecified atom stereocenters. The van der Waals surface area contributed by atoms with Crippen molar-refractivity contribution < 1.29 is 9.90 Å². The maximum atomic E-state index is 11.0. The van der Waals surface area contributed by atoms with E-state index in [9.17, 15) is 4.79 Å². The molecule has 2 heterocycles. The van der Waals surface area contributed by atoms with Gasteiger partial charge in [-0.3, -0.25) is 0 Å². The van der Waals surface area contributed by atoms with Crippen LogP contribution in [0.15, 0.2) is 24.0 Å². The molecule has 5 heteroatoms. The second-order valence-corrected chi connectivity index (χ2v) is 7.98. The van der Waals surface area contributed by atoms with Crippen molar-refractivity contribution in [2.24, 2.45) is 0 Å². The number of hydrogen-bond donors (Lipinski definition) is 1. The fraction of sp³-hybridized carbons (Fsp3) is 0.500. The van der Waals surface area contributed by atoms with Gasteiger partial charge in [0.25, 0.3) is 0 Å². The normalized spacial score (nSPS) is 12.6. The van der Waals surface area contributed by atoms with Crippen molar-refractivity contribution in [1.29, 1.82) is 0 Å². The summed E-state index contributed by atoms with van der Waals surface area (Å²) in [6.45, 7) is 11.5. The molecule has 2 rings (SSSR count). The summed E-state index contributed by atoms with van der Waals surface area (Å²) in [6.07, 6.45) is 3.93. The topological polar surface area (TPSA) is 55.1 Å². The van der Waals surface area contributed by atoms with Crippen LogP contribution < -0.4 is 0 Å². The quantitative estimate of drug-likeness (QED) is 0.931. The van der Waals surface area contributed by atoms with Crippen LogP contribution >= 0.6 is 11.3 Å². The summed E-state index contributed by atoms with van der Waals surface area (Å²) in [5.41, 5.74) is 1.34. The summed E-state index contributed by atoms with van der Waals surface area (Å²) in [5, 5.41) is 10.7. The van der Waals surface area contributed by atoms with Crippen LogP contribution in [0.3, 0.4) is 0 Å². The number of aromatic nitrogens is 2. The Labute approximate surface area is 129 Å². The SMILES string of the molecule is CC(C)(C)c1cn(CC(C)(C)c2cc(C(=O)O)cs2)cn1. The van der Waals surface area contributed by atoms with E-state index in [1.54, 1.807) is 11.4 Å². The van der Waals surface area contributed by atoms with Gasteiger partial charge in [0.15, 0.2) is 0 Å². The summed E-state index contributed by atoms with van der Waals surface area (Å²) in [6, 6.07) is 1.77. The molecule has 4 nitrogen and oxygen atoms in total. The molecule has 0 bridgehead atoms. The molecule has 0 aliphatic rings. The lowest BCUT2D eigenvalue weighted by Crippen LogP contribution is -2.22. The number of rotatable bonds is 4. The Morgan fingerprint density at radius 2 is 2.00 bits per heavy atom. The highest BCUT2D eigenvalue weighted by molar-refractivity contribution is 7.10. The van der Waals surface area contributed by atoms with Crippen molar-refractivity contribution in [2.75, 3.05) is 0 Å². The summed E-state index contributed by atoms with van der Waals surface area (Å²) in [7, 11) is 0. The summed E-state index contributed by atoms with van der Waals surface area (Å²) < 4.78 is 2.08. The Kier molecular flexibility index (Phi) is 3.97. The predicted molar refractivity (Wildman–Crippen MR) is 85.2 cm³/mol. The number of imidazole rings is 1. The molecule has 2 aromatic heterocycles. The van der Waals surface area contributed by atoms with E-state index in [1.165, 1.54) is 11.3 Å². The molecule has 0 saturated carbocycles. The van der Waals surface area contributed by atoms with Crippen LogP contribution in [0.4, 0.5) is 0 Å². The Bertz CT molecular complexity index is 647. The average Bonchev–Trinajstić information content (AvgIpc) is 2.94. The molecule has 0 saturated heterocycles. The minimum absolute atomic E-state index is 0.0365. The number of carbonyl (C=O) groups is 1. The van der Waals surface area contributed by atoms with Gasteiger partial charge in [-0.1, -0.05) is 34.6 Å². The molecule has 114 valence electrons. The van der Waals surface area contributed by atoms with Crippen LogP contribution in [0.2, 0.25) is 0 Å². The van der Waals surface area contributed by atoms with Gasteiger partial charge in [0.1, 0.15) is 0 Å². The van der Waals surface area contributed by atoms with Gasteiger partial charge in [-0.15, -0.1) is 11.3 Å². The van der Waals surface area contributed by atoms with E-state index in [0.29, 0.717) is 5.56 Å². The third-order valence-electron chi connectivity index (χ3n) is 3.49. The van der Waals surface area contributed by atoms with Crippen molar-refractivity contribution in [1.82, 2.24) is 9.55 Å². The average molecular weight is 306 g/mol. The molecule has 0 aliphatic heterocycles. The van der Waals surface area contributed by atoms with Gasteiger partial charge in [-0.25, -0.2) is 9.78 Å². The smallest absolute Gasteiger partial charge is 0.336 e. The van der Waals surface area contributed by atoms with Crippen molar-refractivity contribution in [2.45, 2.75) is 52.0 Å². The number of hydrogen-bond acceptors (Lipinski definition) is 3. The van der Waals surface area contributed by atoms with Gasteiger partial charge < -0.3 is 9.67 Å². The second-order valence-electron chi connectivity index (χ2n) is 7.07. The molecule has 1 N–H and O–H groups in total. The van der Waals surface area contributed by atoms with E-state index in [4.69, 9.17) is 5.11 Å². The first-order valence-corrected chi connectivity index (χ1v) is 7.82. The summed E-state index contributed by atoms with van der Waals surface area (Å²) >= 11 is 1.50. The van der Waals surface area contributed by atoms with Crippen molar-refractivity contribution in [3.63, 3.8) is 0 Å². The van der Waals surface area contributed by atoms with Gasteiger partial charge in [0.05, 0.1) is 17.6 Å². The third-order valence-corrected chi connectivity index (χ3v) is 4.79. The van der Waals surface area contributed by atoms with E-state index in [0.717, 1.165) is 17.1 Å². The first-order chi connectivity index (χ1) is 9.59. The van der Waals surface area contributed by atoms with E-state index >= 15 is 0 Å². The first-order valence-electron chi connectivity index (χ1n) is 6.94. The van der Waals surface area contributed by atoms with Crippen molar-refractivity contribution in [3.8, 4) is 0 Å². The number of carboxylic acids is 1. The molecule has 0 atom stereocenters. The summed E-state index contributed by atoms with van der Waals surface area (Å²) in [4.78, 5) is 16.6. The Balaban J connectivity index is 2.20. The first kappa shape index (κ1) is 15.8. The third kappa shape index (κ3) is 3.53. The highest BCUT2D eigenvalue weighted by atomic mass is 32.1. The number of nitrogens with zero attached hydrogens (tertiary/aromatic N) is 2. The van der Waals surface area contributed by atoms with Crippen LogP contribution in [0.1, 0.15) is 55.5 Å². The Morgan fingerprint density at radius 1 is 1.33 bits per heavy atom. The molecule has 21 heavy (non-hydrogen) atoms. The van der Waals surface area contributed by atoms with E-state index < -0.39 is 5.97 Å². The van der Waals surface area contributed by atoms with E-state index in [2.05, 4.69) is 50.4 Å². The van der Waals surface area contributed by atoms with Gasteiger partial charge in [-0.05, 0) is 6.07 Å². The fourth-order valence-corrected chi connectivity index (χ4v) is 3.17. The minimum Gasteiger partial charge on any atom is -0.478 e. The lowest BCUT2D eigenvalue weighted by atomic mass is 9.90. The molecule has 0 fully saturated rings. The molecule has 0 aliphatic carbocycles. The maximum Gasteiger partial charge on any atom is 0.336 e. The molecule has 0 aromatic carbocycles. The highest BCUT2D eigenvalue weighted by Crippen LogP contribution is 2.31. The zero-order valence-electron chi connectivity index (χ0n) is 13.2. The zero-order chi connectivity index (χ0) is 15.8. The maximum absolute atomic E-state index is 11.0. The molecule has 0 amide bonds. The standard InChI is InChI=1S/C16H22N2O2S/c1-15(2,3)12-7-18(10-17-12)9-16(4,5)13-6-11(8-21-13)14(19)20/h6-8,10H,9H2,1-5H3,(H,19,20). The van der Waals surface area contributed by atoms with Gasteiger partial charge in [0.2, 0.25) is 0 Å². The van der Waals surface area contributed by atoms with Gasteiger partial charge in [-0.2, -0.15) is 0 Å². The van der Waals surface area contributed by atoms with E-state index in [-0.39, 0.29) is 10.8 Å². The lowest BCUT2D eigenvalue weighted by Gasteiger charge is -2.23. The molecule has 0 spiro atoms. The van der Waals surface area contributed by atoms with Gasteiger partial charge in [0, 0.05) is 33.8 Å². The lowest BCUT2D eigenvalue weighted by molar-refractivity contribution is 0.0697. The highest BCUT2D eigenvalue weighted by Gasteiger charge is 2.25. The monoisotopic (exact) mass is 306 g/mol.